The molecule has 22 heavy (non-hydrogen) atoms. The van der Waals surface area contributed by atoms with Crippen LogP contribution >= 0.6 is 0 Å². The average Bonchev–Trinajstić information content (AvgIpc) is 2.55. The molecular weight excluding hydrogens is 278 g/mol. The van der Waals surface area contributed by atoms with Crippen LogP contribution in [0.5, 0.6) is 5.75 Å². The van der Waals surface area contributed by atoms with Crippen LogP contribution in [0.15, 0.2) is 42.5 Å². The van der Waals surface area contributed by atoms with Crippen LogP contribution < -0.4 is 10.1 Å². The van der Waals surface area contributed by atoms with Crippen molar-refractivity contribution >= 4 is 16.7 Å². The number of carbonyl (C=O) groups excluding carboxylic acids is 1. The van der Waals surface area contributed by atoms with Crippen molar-refractivity contribution in [1.29, 1.82) is 0 Å². The molecule has 1 aliphatic rings. The van der Waals surface area contributed by atoms with Crippen molar-refractivity contribution < 1.29 is 14.3 Å². The third-order valence-electron chi connectivity index (χ3n) is 3.97. The van der Waals surface area contributed by atoms with Crippen molar-refractivity contribution in [2.45, 2.75) is 31.9 Å². The summed E-state index contributed by atoms with van der Waals surface area (Å²) in [6.07, 6.45) is 1.23. The van der Waals surface area contributed by atoms with Crippen molar-refractivity contribution in [3.63, 3.8) is 0 Å². The molecule has 0 radical (unpaired) electrons. The minimum atomic E-state index is -0.510. The normalized spacial score (nSPS) is 17.1. The molecule has 3 rings (SSSR count). The quantitative estimate of drug-likeness (QED) is 0.944. The van der Waals surface area contributed by atoms with Gasteiger partial charge in [-0.3, -0.25) is 4.79 Å². The van der Waals surface area contributed by atoms with E-state index in [4.69, 9.17) is 9.47 Å². The first-order valence-corrected chi connectivity index (χ1v) is 7.76. The summed E-state index contributed by atoms with van der Waals surface area (Å²) < 4.78 is 11.1. The van der Waals surface area contributed by atoms with Gasteiger partial charge in [-0.1, -0.05) is 30.3 Å². The molecule has 4 nitrogen and oxygen atoms in total. The number of hydrogen-bond acceptors (Lipinski definition) is 3. The summed E-state index contributed by atoms with van der Waals surface area (Å²) in [6.45, 7) is 3.21. The fraction of sp³-hybridized carbons (Fsp3) is 0.389. The fourth-order valence-corrected chi connectivity index (χ4v) is 2.66. The Labute approximate surface area is 130 Å². The zero-order valence-corrected chi connectivity index (χ0v) is 12.7. The van der Waals surface area contributed by atoms with Gasteiger partial charge < -0.3 is 14.8 Å². The molecule has 0 bridgehead atoms. The van der Waals surface area contributed by atoms with E-state index in [0.29, 0.717) is 19.0 Å². The molecule has 0 aliphatic carbocycles. The molecule has 1 N–H and O–H groups in total. The van der Waals surface area contributed by atoms with E-state index in [-0.39, 0.29) is 11.9 Å². The molecule has 1 fully saturated rings. The van der Waals surface area contributed by atoms with Gasteiger partial charge in [0.05, 0.1) is 0 Å². The molecule has 0 unspecified atom stereocenters. The number of nitrogens with one attached hydrogen (secondary N) is 1. The lowest BCUT2D eigenvalue weighted by atomic mass is 10.1. The smallest absolute Gasteiger partial charge is 0.260 e. The van der Waals surface area contributed by atoms with E-state index >= 15 is 0 Å². The second-order valence-electron chi connectivity index (χ2n) is 5.66. The Balaban J connectivity index is 1.61. The highest BCUT2D eigenvalue weighted by Gasteiger charge is 2.20. The highest BCUT2D eigenvalue weighted by atomic mass is 16.5. The summed E-state index contributed by atoms with van der Waals surface area (Å²) in [5.41, 5.74) is 0. The molecule has 1 aliphatic heterocycles. The monoisotopic (exact) mass is 299 g/mol. The van der Waals surface area contributed by atoms with Gasteiger partial charge in [0.2, 0.25) is 0 Å². The van der Waals surface area contributed by atoms with Crippen LogP contribution in [0.25, 0.3) is 10.8 Å². The lowest BCUT2D eigenvalue weighted by molar-refractivity contribution is -0.128. The first kappa shape index (κ1) is 14.9. The van der Waals surface area contributed by atoms with Gasteiger partial charge in [-0.05, 0) is 42.7 Å². The maximum absolute atomic E-state index is 12.2. The lowest BCUT2D eigenvalue weighted by Crippen LogP contribution is -2.44. The van der Waals surface area contributed by atoms with E-state index in [1.54, 1.807) is 6.92 Å². The second kappa shape index (κ2) is 6.79. The third kappa shape index (κ3) is 3.57. The Morgan fingerprint density at radius 3 is 2.68 bits per heavy atom. The largest absolute Gasteiger partial charge is 0.481 e. The summed E-state index contributed by atoms with van der Waals surface area (Å²) in [5.74, 6) is 0.647. The van der Waals surface area contributed by atoms with Crippen LogP contribution in [-0.4, -0.2) is 31.3 Å². The number of ether oxygens (including phenoxy) is 2. The maximum atomic E-state index is 12.2. The molecule has 1 amide bonds. The minimum absolute atomic E-state index is 0.0694. The van der Waals surface area contributed by atoms with Crippen molar-refractivity contribution in [3.8, 4) is 5.75 Å². The lowest BCUT2D eigenvalue weighted by Gasteiger charge is -2.25. The van der Waals surface area contributed by atoms with Gasteiger partial charge in [-0.2, -0.15) is 0 Å². The Morgan fingerprint density at radius 2 is 1.91 bits per heavy atom. The van der Waals surface area contributed by atoms with Gasteiger partial charge in [0.25, 0.3) is 5.91 Å². The number of carbonyl (C=O) groups is 1. The van der Waals surface area contributed by atoms with Crippen LogP contribution in [0.2, 0.25) is 0 Å². The number of rotatable bonds is 4. The molecule has 2 aromatic carbocycles. The van der Waals surface area contributed by atoms with Gasteiger partial charge in [0.1, 0.15) is 5.75 Å². The topological polar surface area (TPSA) is 47.6 Å². The van der Waals surface area contributed by atoms with Crippen molar-refractivity contribution in [2.75, 3.05) is 13.2 Å². The Hall–Kier alpha value is -2.07. The van der Waals surface area contributed by atoms with Gasteiger partial charge in [0, 0.05) is 19.3 Å². The first-order chi connectivity index (χ1) is 10.7. The van der Waals surface area contributed by atoms with E-state index in [2.05, 4.69) is 11.4 Å². The second-order valence-corrected chi connectivity index (χ2v) is 5.66. The predicted octanol–water partition coefficient (Wildman–Crippen LogP) is 2.90. The van der Waals surface area contributed by atoms with Crippen LogP contribution in [0, 0.1) is 0 Å². The van der Waals surface area contributed by atoms with Gasteiger partial charge in [0.15, 0.2) is 6.10 Å². The number of fused-ring (bicyclic) bond motifs is 1. The number of amides is 1. The maximum Gasteiger partial charge on any atom is 0.260 e. The molecule has 4 heteroatoms. The van der Waals surface area contributed by atoms with E-state index in [1.807, 2.05) is 36.4 Å². The summed E-state index contributed by atoms with van der Waals surface area (Å²) in [4.78, 5) is 12.2. The van der Waals surface area contributed by atoms with Gasteiger partial charge >= 0.3 is 0 Å². The molecule has 1 saturated heterocycles. The third-order valence-corrected chi connectivity index (χ3v) is 3.97. The summed E-state index contributed by atoms with van der Waals surface area (Å²) in [5, 5.41) is 5.30. The van der Waals surface area contributed by atoms with Crippen LogP contribution in [0.3, 0.4) is 0 Å². The molecule has 0 spiro atoms. The molecule has 2 aromatic rings. The zero-order chi connectivity index (χ0) is 15.4. The van der Waals surface area contributed by atoms with Crippen molar-refractivity contribution in [1.82, 2.24) is 5.32 Å². The van der Waals surface area contributed by atoms with Crippen molar-refractivity contribution in [3.05, 3.63) is 42.5 Å². The number of hydrogen-bond donors (Lipinski definition) is 1. The standard InChI is InChI=1S/C18H21NO3/c1-13(18(20)19-16-8-10-21-11-9-16)22-17-7-6-14-4-2-3-5-15(14)12-17/h2-7,12-13,16H,8-11H2,1H3,(H,19,20)/t13-/m1/s1. The molecule has 1 heterocycles. The molecular formula is C18H21NO3. The first-order valence-electron chi connectivity index (χ1n) is 7.76. The van der Waals surface area contributed by atoms with E-state index in [9.17, 15) is 4.79 Å². The minimum Gasteiger partial charge on any atom is -0.481 e. The van der Waals surface area contributed by atoms with E-state index in [1.165, 1.54) is 0 Å². The SMILES string of the molecule is C[C@@H](Oc1ccc2ccccc2c1)C(=O)NC1CCOCC1. The Kier molecular flexibility index (Phi) is 4.59. The van der Waals surface area contributed by atoms with E-state index < -0.39 is 6.10 Å². The average molecular weight is 299 g/mol. The molecule has 0 saturated carbocycles. The van der Waals surface area contributed by atoms with Crippen LogP contribution in [0.1, 0.15) is 19.8 Å². The van der Waals surface area contributed by atoms with Crippen molar-refractivity contribution in [2.24, 2.45) is 0 Å². The van der Waals surface area contributed by atoms with Gasteiger partial charge in [-0.25, -0.2) is 0 Å². The van der Waals surface area contributed by atoms with Crippen LogP contribution in [0.4, 0.5) is 0 Å². The Bertz CT molecular complexity index is 650. The van der Waals surface area contributed by atoms with Gasteiger partial charge in [-0.15, -0.1) is 0 Å². The molecule has 0 aromatic heterocycles. The van der Waals surface area contributed by atoms with E-state index in [0.717, 1.165) is 23.6 Å². The highest BCUT2D eigenvalue weighted by molar-refractivity contribution is 5.84. The molecule has 116 valence electrons. The number of benzene rings is 2. The summed E-state index contributed by atoms with van der Waals surface area (Å²) in [6, 6.07) is 14.2. The predicted molar refractivity (Wildman–Crippen MR) is 86.0 cm³/mol. The summed E-state index contributed by atoms with van der Waals surface area (Å²) >= 11 is 0. The summed E-state index contributed by atoms with van der Waals surface area (Å²) in [7, 11) is 0. The van der Waals surface area contributed by atoms with Crippen LogP contribution in [-0.2, 0) is 9.53 Å². The zero-order valence-electron chi connectivity index (χ0n) is 12.7. The fourth-order valence-electron chi connectivity index (χ4n) is 2.66. The highest BCUT2D eigenvalue weighted by Crippen LogP contribution is 2.21. The Morgan fingerprint density at radius 1 is 1.18 bits per heavy atom. The molecule has 1 atom stereocenters.